The predicted octanol–water partition coefficient (Wildman–Crippen LogP) is 4.05. The Kier molecular flexibility index (Phi) is 6.20. The van der Waals surface area contributed by atoms with Crippen molar-refractivity contribution in [2.45, 2.75) is 18.6 Å². The van der Waals surface area contributed by atoms with Crippen LogP contribution >= 0.6 is 11.8 Å². The lowest BCUT2D eigenvalue weighted by molar-refractivity contribution is -0.118. The van der Waals surface area contributed by atoms with Crippen LogP contribution in [0.15, 0.2) is 84.1 Å². The van der Waals surface area contributed by atoms with Gasteiger partial charge in [-0.25, -0.2) is 0 Å². The van der Waals surface area contributed by atoms with E-state index in [9.17, 15) is 4.79 Å². The second-order valence-electron chi connectivity index (χ2n) is 6.69. The molecule has 0 radical (unpaired) electrons. The lowest BCUT2D eigenvalue weighted by atomic mass is 10.2. The molecular weight excluding hydrogens is 394 g/mol. The van der Waals surface area contributed by atoms with Crippen molar-refractivity contribution in [1.29, 1.82) is 0 Å². The van der Waals surface area contributed by atoms with Crippen molar-refractivity contribution in [3.8, 4) is 17.2 Å². The molecule has 6 nitrogen and oxygen atoms in total. The molecule has 0 saturated heterocycles. The van der Waals surface area contributed by atoms with E-state index in [1.807, 2.05) is 84.3 Å². The molecule has 2 heterocycles. The summed E-state index contributed by atoms with van der Waals surface area (Å²) in [6, 6.07) is 23.6. The van der Waals surface area contributed by atoms with Crippen molar-refractivity contribution in [3.05, 3.63) is 90.1 Å². The van der Waals surface area contributed by atoms with Gasteiger partial charge in [0.1, 0.15) is 5.69 Å². The molecule has 0 unspecified atom stereocenters. The lowest BCUT2D eigenvalue weighted by Crippen LogP contribution is -2.24. The van der Waals surface area contributed by atoms with Gasteiger partial charge < -0.3 is 5.32 Å². The van der Waals surface area contributed by atoms with Gasteiger partial charge in [0.2, 0.25) is 5.91 Å². The van der Waals surface area contributed by atoms with Gasteiger partial charge >= 0.3 is 0 Å². The van der Waals surface area contributed by atoms with Crippen LogP contribution in [0.25, 0.3) is 17.2 Å². The van der Waals surface area contributed by atoms with Gasteiger partial charge in [-0.1, -0.05) is 66.4 Å². The molecule has 4 rings (SSSR count). The van der Waals surface area contributed by atoms with Gasteiger partial charge in [-0.05, 0) is 36.2 Å². The second-order valence-corrected chi connectivity index (χ2v) is 7.64. The molecule has 150 valence electrons. The van der Waals surface area contributed by atoms with E-state index in [-0.39, 0.29) is 11.7 Å². The van der Waals surface area contributed by atoms with Crippen molar-refractivity contribution in [1.82, 2.24) is 25.1 Å². The molecule has 0 spiro atoms. The van der Waals surface area contributed by atoms with E-state index in [0.717, 1.165) is 22.5 Å². The highest BCUT2D eigenvalue weighted by atomic mass is 32.2. The third-order valence-corrected chi connectivity index (χ3v) is 5.48. The maximum atomic E-state index is 12.4. The minimum atomic E-state index is -0.0532. The summed E-state index contributed by atoms with van der Waals surface area (Å²) in [5.74, 6) is 0.846. The van der Waals surface area contributed by atoms with E-state index in [1.165, 1.54) is 11.8 Å². The van der Waals surface area contributed by atoms with Gasteiger partial charge in [0.15, 0.2) is 11.0 Å². The summed E-state index contributed by atoms with van der Waals surface area (Å²) in [7, 11) is 0. The van der Waals surface area contributed by atoms with Gasteiger partial charge in [0.25, 0.3) is 0 Å². The Morgan fingerprint density at radius 3 is 2.50 bits per heavy atom. The Morgan fingerprint density at radius 1 is 0.967 bits per heavy atom. The Morgan fingerprint density at radius 2 is 1.73 bits per heavy atom. The van der Waals surface area contributed by atoms with Crippen LogP contribution in [-0.4, -0.2) is 31.4 Å². The van der Waals surface area contributed by atoms with Crippen LogP contribution < -0.4 is 5.32 Å². The molecule has 0 aliphatic heterocycles. The summed E-state index contributed by atoms with van der Waals surface area (Å²) in [6.45, 7) is 2.54. The minimum Gasteiger partial charge on any atom is -0.351 e. The van der Waals surface area contributed by atoms with E-state index >= 15 is 0 Å². The van der Waals surface area contributed by atoms with Crippen molar-refractivity contribution >= 4 is 17.7 Å². The molecule has 30 heavy (non-hydrogen) atoms. The van der Waals surface area contributed by atoms with Gasteiger partial charge in [-0.15, -0.1) is 10.2 Å². The number of nitrogens with zero attached hydrogens (tertiary/aromatic N) is 4. The van der Waals surface area contributed by atoms with Crippen LogP contribution in [0, 0.1) is 6.92 Å². The zero-order valence-electron chi connectivity index (χ0n) is 16.5. The normalized spacial score (nSPS) is 10.7. The van der Waals surface area contributed by atoms with Gasteiger partial charge in [-0.2, -0.15) is 0 Å². The molecule has 0 fully saturated rings. The topological polar surface area (TPSA) is 72.7 Å². The van der Waals surface area contributed by atoms with E-state index in [1.54, 1.807) is 6.20 Å². The van der Waals surface area contributed by atoms with Gasteiger partial charge in [-0.3, -0.25) is 14.3 Å². The SMILES string of the molecule is Cc1ccccc1-n1c(SCC(=O)NCc2ccccc2)nnc1-c1ccccn1. The highest BCUT2D eigenvalue weighted by molar-refractivity contribution is 7.99. The first-order valence-electron chi connectivity index (χ1n) is 9.58. The van der Waals surface area contributed by atoms with Gasteiger partial charge in [0.05, 0.1) is 11.4 Å². The number of carbonyl (C=O) groups is 1. The Labute approximate surface area is 179 Å². The fraction of sp³-hybridized carbons (Fsp3) is 0.130. The summed E-state index contributed by atoms with van der Waals surface area (Å²) in [5.41, 5.74) is 3.85. The molecule has 1 amide bonds. The van der Waals surface area contributed by atoms with Crippen molar-refractivity contribution in [3.63, 3.8) is 0 Å². The number of hydrogen-bond donors (Lipinski definition) is 1. The maximum Gasteiger partial charge on any atom is 0.230 e. The molecule has 0 saturated carbocycles. The van der Waals surface area contributed by atoms with Crippen molar-refractivity contribution in [2.24, 2.45) is 0 Å². The number of carbonyl (C=O) groups excluding carboxylic acids is 1. The van der Waals surface area contributed by atoms with E-state index < -0.39 is 0 Å². The monoisotopic (exact) mass is 415 g/mol. The molecule has 4 aromatic rings. The molecule has 0 atom stereocenters. The first kappa shape index (κ1) is 19.8. The fourth-order valence-electron chi connectivity index (χ4n) is 3.03. The van der Waals surface area contributed by atoms with Crippen LogP contribution in [0.1, 0.15) is 11.1 Å². The number of benzene rings is 2. The number of para-hydroxylation sites is 1. The highest BCUT2D eigenvalue weighted by Gasteiger charge is 2.19. The fourth-order valence-corrected chi connectivity index (χ4v) is 3.81. The summed E-state index contributed by atoms with van der Waals surface area (Å²) in [6.07, 6.45) is 1.73. The number of pyridine rings is 1. The second kappa shape index (κ2) is 9.37. The molecule has 7 heteroatoms. The number of hydrogen-bond acceptors (Lipinski definition) is 5. The first-order chi connectivity index (χ1) is 14.7. The smallest absolute Gasteiger partial charge is 0.230 e. The summed E-state index contributed by atoms with van der Waals surface area (Å²) in [5, 5.41) is 12.3. The molecule has 0 aliphatic carbocycles. The standard InChI is InChI=1S/C23H21N5OS/c1-17-9-5-6-13-20(17)28-22(19-12-7-8-14-24-19)26-27-23(28)30-16-21(29)25-15-18-10-3-2-4-11-18/h2-14H,15-16H2,1H3,(H,25,29). The van der Waals surface area contributed by atoms with Crippen molar-refractivity contribution in [2.75, 3.05) is 5.75 Å². The van der Waals surface area contributed by atoms with Crippen LogP contribution in [-0.2, 0) is 11.3 Å². The Bertz CT molecular complexity index is 1130. The highest BCUT2D eigenvalue weighted by Crippen LogP contribution is 2.28. The minimum absolute atomic E-state index is 0.0532. The summed E-state index contributed by atoms with van der Waals surface area (Å²) >= 11 is 1.36. The average Bonchev–Trinajstić information content (AvgIpc) is 3.21. The first-order valence-corrected chi connectivity index (χ1v) is 10.6. The number of aromatic nitrogens is 4. The summed E-state index contributed by atoms with van der Waals surface area (Å²) < 4.78 is 1.97. The Balaban J connectivity index is 1.55. The summed E-state index contributed by atoms with van der Waals surface area (Å²) in [4.78, 5) is 16.8. The molecule has 2 aromatic heterocycles. The number of nitrogens with one attached hydrogen (secondary N) is 1. The van der Waals surface area contributed by atoms with Crippen LogP contribution in [0.5, 0.6) is 0 Å². The molecule has 1 N–H and O–H groups in total. The third-order valence-electron chi connectivity index (χ3n) is 4.55. The zero-order chi connectivity index (χ0) is 20.8. The predicted molar refractivity (Wildman–Crippen MR) is 118 cm³/mol. The lowest BCUT2D eigenvalue weighted by Gasteiger charge is -2.12. The van der Waals surface area contributed by atoms with Crippen molar-refractivity contribution < 1.29 is 4.79 Å². The molecular formula is C23H21N5OS. The average molecular weight is 416 g/mol. The zero-order valence-corrected chi connectivity index (χ0v) is 17.3. The number of amides is 1. The Hall–Kier alpha value is -3.45. The van der Waals surface area contributed by atoms with E-state index in [2.05, 4.69) is 20.5 Å². The van der Waals surface area contributed by atoms with Crippen LogP contribution in [0.3, 0.4) is 0 Å². The molecule has 0 bridgehead atoms. The number of rotatable bonds is 7. The number of aryl methyl sites for hydroxylation is 1. The number of thioether (sulfide) groups is 1. The van der Waals surface area contributed by atoms with Crippen LogP contribution in [0.2, 0.25) is 0 Å². The molecule has 2 aromatic carbocycles. The molecule has 0 aliphatic rings. The van der Waals surface area contributed by atoms with Gasteiger partial charge in [0, 0.05) is 12.7 Å². The largest absolute Gasteiger partial charge is 0.351 e. The van der Waals surface area contributed by atoms with E-state index in [0.29, 0.717) is 17.5 Å². The van der Waals surface area contributed by atoms with E-state index in [4.69, 9.17) is 0 Å². The third kappa shape index (κ3) is 4.58. The maximum absolute atomic E-state index is 12.4. The van der Waals surface area contributed by atoms with Crippen LogP contribution in [0.4, 0.5) is 0 Å². The quantitative estimate of drug-likeness (QED) is 0.461.